The molecule has 4 heteroatoms. The molecule has 0 heterocycles. The molecular weight excluding hydrogens is 180 g/mol. The molecule has 3 N–H and O–H groups in total. The highest BCUT2D eigenvalue weighted by Gasteiger charge is 2.13. The van der Waals surface area contributed by atoms with Gasteiger partial charge in [-0.15, -0.1) is 6.58 Å². The molecule has 0 aromatic heterocycles. The molecule has 0 bridgehead atoms. The topological polar surface area (TPSA) is 66.6 Å². The van der Waals surface area contributed by atoms with Crippen molar-refractivity contribution < 1.29 is 9.90 Å². The number of aliphatic hydroxyl groups excluding tert-OH is 1. The van der Waals surface area contributed by atoms with Crippen molar-refractivity contribution in [3.63, 3.8) is 0 Å². The van der Waals surface area contributed by atoms with Gasteiger partial charge in [0.2, 0.25) is 5.91 Å². The van der Waals surface area contributed by atoms with Crippen molar-refractivity contribution in [2.24, 2.45) is 11.7 Å². The van der Waals surface area contributed by atoms with Gasteiger partial charge in [-0.2, -0.15) is 0 Å². The Morgan fingerprint density at radius 3 is 2.79 bits per heavy atom. The molecule has 0 aromatic rings. The van der Waals surface area contributed by atoms with E-state index >= 15 is 0 Å². The van der Waals surface area contributed by atoms with Crippen molar-refractivity contribution in [1.29, 1.82) is 0 Å². The summed E-state index contributed by atoms with van der Waals surface area (Å²) in [6.45, 7) is 6.83. The van der Waals surface area contributed by atoms with Crippen LogP contribution in [0, 0.1) is 5.92 Å². The van der Waals surface area contributed by atoms with Gasteiger partial charge in [-0.3, -0.25) is 4.79 Å². The molecule has 0 aliphatic heterocycles. The van der Waals surface area contributed by atoms with E-state index in [-0.39, 0.29) is 18.4 Å². The van der Waals surface area contributed by atoms with Crippen LogP contribution in [-0.2, 0) is 4.79 Å². The molecule has 0 aromatic carbocycles. The molecule has 0 fully saturated rings. The third-order valence-electron chi connectivity index (χ3n) is 2.00. The molecule has 0 spiro atoms. The number of hydrogen-bond donors (Lipinski definition) is 2. The summed E-state index contributed by atoms with van der Waals surface area (Å²) in [5.74, 6) is 0.213. The third kappa shape index (κ3) is 4.99. The zero-order valence-electron chi connectivity index (χ0n) is 8.78. The maximum atomic E-state index is 11.6. The van der Waals surface area contributed by atoms with Gasteiger partial charge in [-0.25, -0.2) is 0 Å². The monoisotopic (exact) mass is 200 g/mol. The van der Waals surface area contributed by atoms with Crippen LogP contribution in [0.15, 0.2) is 12.7 Å². The number of nitrogens with two attached hydrogens (primary N) is 1. The first-order valence-electron chi connectivity index (χ1n) is 4.85. The van der Waals surface area contributed by atoms with E-state index in [1.165, 1.54) is 0 Å². The van der Waals surface area contributed by atoms with Crippen molar-refractivity contribution in [1.82, 2.24) is 4.90 Å². The maximum Gasteiger partial charge on any atom is 0.223 e. The number of aliphatic hydroxyl groups is 1. The summed E-state index contributed by atoms with van der Waals surface area (Å²) in [6, 6.07) is 0. The first kappa shape index (κ1) is 13.1. The van der Waals surface area contributed by atoms with Gasteiger partial charge in [0.1, 0.15) is 0 Å². The van der Waals surface area contributed by atoms with Crippen molar-refractivity contribution in [3.8, 4) is 0 Å². The highest BCUT2D eigenvalue weighted by molar-refractivity contribution is 5.76. The lowest BCUT2D eigenvalue weighted by Gasteiger charge is -2.21. The molecule has 82 valence electrons. The van der Waals surface area contributed by atoms with Gasteiger partial charge < -0.3 is 15.7 Å². The van der Waals surface area contributed by atoms with E-state index in [4.69, 9.17) is 10.8 Å². The Morgan fingerprint density at radius 1 is 1.71 bits per heavy atom. The van der Waals surface area contributed by atoms with Gasteiger partial charge in [0.05, 0.1) is 6.61 Å². The molecule has 0 radical (unpaired) electrons. The number of carbonyl (C=O) groups is 1. The smallest absolute Gasteiger partial charge is 0.223 e. The third-order valence-corrected chi connectivity index (χ3v) is 2.00. The Labute approximate surface area is 85.4 Å². The quantitative estimate of drug-likeness (QED) is 0.567. The van der Waals surface area contributed by atoms with Crippen LogP contribution in [0.4, 0.5) is 0 Å². The maximum absolute atomic E-state index is 11.6. The fourth-order valence-corrected chi connectivity index (χ4v) is 1.10. The summed E-state index contributed by atoms with van der Waals surface area (Å²) in [6.07, 6.45) is 2.09. The summed E-state index contributed by atoms with van der Waals surface area (Å²) < 4.78 is 0. The Bertz CT molecular complexity index is 183. The van der Waals surface area contributed by atoms with Gasteiger partial charge in [-0.1, -0.05) is 13.0 Å². The highest BCUT2D eigenvalue weighted by atomic mass is 16.3. The first-order valence-corrected chi connectivity index (χ1v) is 4.85. The first-order chi connectivity index (χ1) is 6.65. The van der Waals surface area contributed by atoms with E-state index in [0.717, 1.165) is 0 Å². The van der Waals surface area contributed by atoms with Gasteiger partial charge in [-0.05, 0) is 12.5 Å². The van der Waals surface area contributed by atoms with Crippen molar-refractivity contribution in [2.75, 3.05) is 26.2 Å². The average molecular weight is 200 g/mol. The minimum atomic E-state index is -0.0173. The highest BCUT2D eigenvalue weighted by Crippen LogP contribution is 2.03. The molecule has 4 nitrogen and oxygen atoms in total. The number of nitrogens with zero attached hydrogens (tertiary/aromatic N) is 1. The molecule has 0 aliphatic carbocycles. The minimum absolute atomic E-state index is 0.0173. The Hall–Kier alpha value is -0.870. The van der Waals surface area contributed by atoms with Gasteiger partial charge in [0.25, 0.3) is 0 Å². The second kappa shape index (κ2) is 7.53. The van der Waals surface area contributed by atoms with Crippen LogP contribution in [0.1, 0.15) is 13.3 Å². The predicted molar refractivity (Wildman–Crippen MR) is 56.7 cm³/mol. The van der Waals surface area contributed by atoms with Gasteiger partial charge in [0.15, 0.2) is 0 Å². The molecular formula is C10H20N2O2. The number of amides is 1. The predicted octanol–water partition coefficient (Wildman–Crippen LogP) is -0.0218. The summed E-state index contributed by atoms with van der Waals surface area (Å²) in [5, 5.41) is 8.75. The lowest BCUT2D eigenvalue weighted by molar-refractivity contribution is -0.132. The molecule has 1 unspecified atom stereocenters. The number of carbonyl (C=O) groups excluding carboxylic acids is 1. The van der Waals surface area contributed by atoms with Crippen molar-refractivity contribution >= 4 is 5.91 Å². The summed E-state index contributed by atoms with van der Waals surface area (Å²) in [4.78, 5) is 13.2. The van der Waals surface area contributed by atoms with E-state index in [9.17, 15) is 4.79 Å². The zero-order chi connectivity index (χ0) is 11.0. The number of hydrogen-bond acceptors (Lipinski definition) is 3. The second-order valence-corrected chi connectivity index (χ2v) is 3.40. The molecule has 0 saturated carbocycles. The van der Waals surface area contributed by atoms with Crippen LogP contribution in [0.2, 0.25) is 0 Å². The van der Waals surface area contributed by atoms with Crippen LogP contribution in [0.5, 0.6) is 0 Å². The minimum Gasteiger partial charge on any atom is -0.395 e. The van der Waals surface area contributed by atoms with Gasteiger partial charge in [0, 0.05) is 19.5 Å². The Balaban J connectivity index is 4.06. The molecule has 0 rings (SSSR count). The zero-order valence-corrected chi connectivity index (χ0v) is 8.78. The van der Waals surface area contributed by atoms with E-state index in [1.807, 2.05) is 6.92 Å². The average Bonchev–Trinajstić information content (AvgIpc) is 2.17. The Kier molecular flexibility index (Phi) is 7.06. The van der Waals surface area contributed by atoms with Crippen LogP contribution in [0.3, 0.4) is 0 Å². The lowest BCUT2D eigenvalue weighted by atomic mass is 10.1. The van der Waals surface area contributed by atoms with Crippen molar-refractivity contribution in [3.05, 3.63) is 12.7 Å². The molecule has 14 heavy (non-hydrogen) atoms. The Morgan fingerprint density at radius 2 is 2.36 bits per heavy atom. The van der Waals surface area contributed by atoms with Crippen LogP contribution < -0.4 is 5.73 Å². The molecule has 1 atom stereocenters. The van der Waals surface area contributed by atoms with Gasteiger partial charge >= 0.3 is 0 Å². The summed E-state index contributed by atoms with van der Waals surface area (Å²) in [7, 11) is 0. The number of rotatable bonds is 7. The summed E-state index contributed by atoms with van der Waals surface area (Å²) >= 11 is 0. The lowest BCUT2D eigenvalue weighted by Crippen LogP contribution is -2.35. The van der Waals surface area contributed by atoms with Crippen LogP contribution in [0.25, 0.3) is 0 Å². The van der Waals surface area contributed by atoms with E-state index in [2.05, 4.69) is 6.58 Å². The normalized spacial score (nSPS) is 12.2. The van der Waals surface area contributed by atoms with Crippen LogP contribution in [-0.4, -0.2) is 42.2 Å². The fourth-order valence-electron chi connectivity index (χ4n) is 1.10. The van der Waals surface area contributed by atoms with Crippen LogP contribution >= 0.6 is 0 Å². The van der Waals surface area contributed by atoms with Crippen molar-refractivity contribution in [2.45, 2.75) is 13.3 Å². The van der Waals surface area contributed by atoms with E-state index in [1.54, 1.807) is 11.0 Å². The SMILES string of the molecule is C=CCN(CCO)C(=O)CC(C)CN. The summed E-state index contributed by atoms with van der Waals surface area (Å²) in [5.41, 5.74) is 5.43. The van der Waals surface area contributed by atoms with E-state index < -0.39 is 0 Å². The standard InChI is InChI=1S/C10H20N2O2/c1-3-4-12(5-6-13)10(14)7-9(2)8-11/h3,9,13H,1,4-8,11H2,2H3. The second-order valence-electron chi connectivity index (χ2n) is 3.40. The van der Waals surface area contributed by atoms with E-state index in [0.29, 0.717) is 26.1 Å². The fraction of sp³-hybridized carbons (Fsp3) is 0.700. The molecule has 0 saturated heterocycles. The largest absolute Gasteiger partial charge is 0.395 e. The molecule has 0 aliphatic rings. The molecule has 1 amide bonds.